The molecule has 0 aliphatic heterocycles. The van der Waals surface area contributed by atoms with E-state index in [4.69, 9.17) is 0 Å². The van der Waals surface area contributed by atoms with Crippen molar-refractivity contribution in [2.45, 2.75) is 52.9 Å². The number of nitrogens with zero attached hydrogens (tertiary/aromatic N) is 3. The molecule has 1 atom stereocenters. The highest BCUT2D eigenvalue weighted by Crippen LogP contribution is 2.21. The summed E-state index contributed by atoms with van der Waals surface area (Å²) in [7, 11) is 0. The predicted octanol–water partition coefficient (Wildman–Crippen LogP) is 4.10. The fraction of sp³-hybridized carbons (Fsp3) is 0.571. The Hall–Kier alpha value is -1.38. The molecule has 0 N–H and O–H groups in total. The number of unbranched alkanes of at least 4 members (excludes halogenated alkanes) is 1. The summed E-state index contributed by atoms with van der Waals surface area (Å²) in [5.41, 5.74) is 0. The summed E-state index contributed by atoms with van der Waals surface area (Å²) in [5, 5.41) is 8.55. The zero-order valence-corrected chi connectivity index (χ0v) is 11.3. The minimum atomic E-state index is 0.456. The molecule has 0 bridgehead atoms. The van der Waals surface area contributed by atoms with Gasteiger partial charge in [0.2, 0.25) is 0 Å². The van der Waals surface area contributed by atoms with E-state index in [1.807, 2.05) is 38.3 Å². The van der Waals surface area contributed by atoms with E-state index in [1.54, 1.807) is 0 Å². The van der Waals surface area contributed by atoms with E-state index in [1.165, 1.54) is 19.3 Å². The van der Waals surface area contributed by atoms with E-state index in [0.717, 1.165) is 11.6 Å². The molecule has 0 radical (unpaired) electrons. The van der Waals surface area contributed by atoms with Gasteiger partial charge in [-0.25, -0.2) is 0 Å². The zero-order chi connectivity index (χ0) is 12.7. The summed E-state index contributed by atoms with van der Waals surface area (Å²) in [5.74, 6) is 2.42. The van der Waals surface area contributed by atoms with E-state index in [9.17, 15) is 0 Å². The summed E-state index contributed by atoms with van der Waals surface area (Å²) >= 11 is 0. The molecule has 0 saturated carbocycles. The zero-order valence-electron chi connectivity index (χ0n) is 11.3. The van der Waals surface area contributed by atoms with E-state index in [0.29, 0.717) is 5.92 Å². The van der Waals surface area contributed by atoms with Crippen LogP contribution < -0.4 is 0 Å². The molecule has 0 aliphatic carbocycles. The Balaban J connectivity index is 2.98. The number of rotatable bonds is 6. The predicted molar refractivity (Wildman–Crippen MR) is 73.7 cm³/mol. The van der Waals surface area contributed by atoms with E-state index < -0.39 is 0 Å². The maximum atomic E-state index is 4.32. The monoisotopic (exact) mass is 233 g/mol. The molecule has 1 aromatic rings. The van der Waals surface area contributed by atoms with Gasteiger partial charge in [0.05, 0.1) is 0 Å². The minimum Gasteiger partial charge on any atom is -0.287 e. The van der Waals surface area contributed by atoms with Gasteiger partial charge in [-0.3, -0.25) is 4.57 Å². The van der Waals surface area contributed by atoms with Crippen molar-refractivity contribution in [2.24, 2.45) is 0 Å². The van der Waals surface area contributed by atoms with Crippen molar-refractivity contribution in [2.75, 3.05) is 0 Å². The quantitative estimate of drug-likeness (QED) is 0.740. The third-order valence-corrected chi connectivity index (χ3v) is 2.79. The molecule has 94 valence electrons. The maximum Gasteiger partial charge on any atom is 0.160 e. The SMILES string of the molecule is C/C=C\c1nnc(C(C)CCCC)n1/C=C\C. The minimum absolute atomic E-state index is 0.456. The third kappa shape index (κ3) is 3.55. The number of hydrogen-bond acceptors (Lipinski definition) is 2. The number of allylic oxidation sites excluding steroid dienone is 2. The highest BCUT2D eigenvalue weighted by atomic mass is 15.3. The van der Waals surface area contributed by atoms with Crippen LogP contribution in [0.25, 0.3) is 12.3 Å². The Morgan fingerprint density at radius 3 is 2.59 bits per heavy atom. The summed E-state index contributed by atoms with van der Waals surface area (Å²) in [6.45, 7) is 8.45. The topological polar surface area (TPSA) is 30.7 Å². The van der Waals surface area contributed by atoms with Gasteiger partial charge in [0.25, 0.3) is 0 Å². The van der Waals surface area contributed by atoms with Gasteiger partial charge in [-0.1, -0.05) is 38.8 Å². The van der Waals surface area contributed by atoms with Crippen LogP contribution in [0.1, 0.15) is 64.5 Å². The standard InChI is InChI=1S/C14H23N3/c1-5-8-10-12(4)14-16-15-13(9-6-2)17(14)11-7-3/h6-7,9,11-12H,5,8,10H2,1-4H3/b9-6-,11-7-. The lowest BCUT2D eigenvalue weighted by Gasteiger charge is -2.10. The summed E-state index contributed by atoms with van der Waals surface area (Å²) < 4.78 is 2.08. The fourth-order valence-corrected chi connectivity index (χ4v) is 1.86. The van der Waals surface area contributed by atoms with Crippen LogP contribution in [0.5, 0.6) is 0 Å². The first-order chi connectivity index (χ1) is 8.24. The molecule has 0 spiro atoms. The van der Waals surface area contributed by atoms with Crippen molar-refractivity contribution >= 4 is 12.3 Å². The van der Waals surface area contributed by atoms with Gasteiger partial charge in [0.1, 0.15) is 5.82 Å². The van der Waals surface area contributed by atoms with Gasteiger partial charge < -0.3 is 0 Å². The van der Waals surface area contributed by atoms with Gasteiger partial charge in [0, 0.05) is 12.1 Å². The molecule has 1 unspecified atom stereocenters. The van der Waals surface area contributed by atoms with Crippen molar-refractivity contribution in [3.63, 3.8) is 0 Å². The Labute approximate surface area is 104 Å². The summed E-state index contributed by atoms with van der Waals surface area (Å²) in [4.78, 5) is 0. The van der Waals surface area contributed by atoms with Crippen molar-refractivity contribution in [3.05, 3.63) is 23.8 Å². The Kier molecular flexibility index (Phi) is 5.67. The van der Waals surface area contributed by atoms with E-state index >= 15 is 0 Å². The second kappa shape index (κ2) is 7.05. The normalized spacial score (nSPS) is 13.9. The first-order valence-electron chi connectivity index (χ1n) is 6.44. The average molecular weight is 233 g/mol. The van der Waals surface area contributed by atoms with Gasteiger partial charge in [-0.15, -0.1) is 10.2 Å². The van der Waals surface area contributed by atoms with Crippen LogP contribution in [0.15, 0.2) is 12.2 Å². The molecule has 0 aromatic carbocycles. The Morgan fingerprint density at radius 1 is 1.24 bits per heavy atom. The van der Waals surface area contributed by atoms with E-state index in [-0.39, 0.29) is 0 Å². The molecule has 0 saturated heterocycles. The lowest BCUT2D eigenvalue weighted by atomic mass is 10.0. The molecule has 0 aliphatic rings. The molecule has 0 amide bonds. The average Bonchev–Trinajstić information content (AvgIpc) is 2.71. The molecular formula is C14H23N3. The molecule has 17 heavy (non-hydrogen) atoms. The third-order valence-electron chi connectivity index (χ3n) is 2.79. The largest absolute Gasteiger partial charge is 0.287 e. The van der Waals surface area contributed by atoms with Crippen molar-refractivity contribution < 1.29 is 0 Å². The number of hydrogen-bond donors (Lipinski definition) is 0. The van der Waals surface area contributed by atoms with Gasteiger partial charge >= 0.3 is 0 Å². The van der Waals surface area contributed by atoms with Crippen LogP contribution in [0.2, 0.25) is 0 Å². The van der Waals surface area contributed by atoms with Crippen molar-refractivity contribution in [3.8, 4) is 0 Å². The van der Waals surface area contributed by atoms with Crippen LogP contribution in [-0.4, -0.2) is 14.8 Å². The second-order valence-electron chi connectivity index (χ2n) is 4.31. The first-order valence-corrected chi connectivity index (χ1v) is 6.44. The fourth-order valence-electron chi connectivity index (χ4n) is 1.86. The smallest absolute Gasteiger partial charge is 0.160 e. The molecule has 1 heterocycles. The van der Waals surface area contributed by atoms with Gasteiger partial charge in [0.15, 0.2) is 5.82 Å². The van der Waals surface area contributed by atoms with Gasteiger partial charge in [-0.05, 0) is 26.3 Å². The van der Waals surface area contributed by atoms with Crippen molar-refractivity contribution in [1.82, 2.24) is 14.8 Å². The molecule has 1 aromatic heterocycles. The van der Waals surface area contributed by atoms with Crippen LogP contribution in [0.4, 0.5) is 0 Å². The van der Waals surface area contributed by atoms with Crippen LogP contribution in [0.3, 0.4) is 0 Å². The van der Waals surface area contributed by atoms with E-state index in [2.05, 4.69) is 28.6 Å². The van der Waals surface area contributed by atoms with Crippen LogP contribution in [0, 0.1) is 0 Å². The molecule has 3 heteroatoms. The summed E-state index contributed by atoms with van der Waals surface area (Å²) in [6.07, 6.45) is 11.7. The summed E-state index contributed by atoms with van der Waals surface area (Å²) in [6, 6.07) is 0. The highest BCUT2D eigenvalue weighted by molar-refractivity contribution is 5.45. The lowest BCUT2D eigenvalue weighted by Crippen LogP contribution is -2.03. The second-order valence-corrected chi connectivity index (χ2v) is 4.31. The Morgan fingerprint density at radius 2 is 2.00 bits per heavy atom. The molecule has 1 rings (SSSR count). The van der Waals surface area contributed by atoms with Crippen LogP contribution in [-0.2, 0) is 0 Å². The maximum absolute atomic E-state index is 4.32. The highest BCUT2D eigenvalue weighted by Gasteiger charge is 2.14. The Bertz CT molecular complexity index is 388. The molecular weight excluding hydrogens is 210 g/mol. The van der Waals surface area contributed by atoms with Gasteiger partial charge in [-0.2, -0.15) is 0 Å². The van der Waals surface area contributed by atoms with Crippen molar-refractivity contribution in [1.29, 1.82) is 0 Å². The first kappa shape index (κ1) is 13.7. The lowest BCUT2D eigenvalue weighted by molar-refractivity contribution is 0.589. The molecule has 0 fully saturated rings. The van der Waals surface area contributed by atoms with Crippen LogP contribution >= 0.6 is 0 Å². The molecule has 3 nitrogen and oxygen atoms in total. The number of aromatic nitrogens is 3.